The van der Waals surface area contributed by atoms with Crippen molar-refractivity contribution >= 4 is 29.5 Å². The van der Waals surface area contributed by atoms with Crippen LogP contribution in [0.25, 0.3) is 5.57 Å². The third kappa shape index (κ3) is 7.37. The Morgan fingerprint density at radius 1 is 1.11 bits per heavy atom. The van der Waals surface area contributed by atoms with E-state index in [-0.39, 0.29) is 31.5 Å². The first-order valence-electron chi connectivity index (χ1n) is 11.9. The van der Waals surface area contributed by atoms with Gasteiger partial charge in [0.2, 0.25) is 0 Å². The van der Waals surface area contributed by atoms with Gasteiger partial charge in [-0.3, -0.25) is 10.0 Å². The van der Waals surface area contributed by atoms with Crippen LogP contribution in [0.15, 0.2) is 30.3 Å². The minimum absolute atomic E-state index is 0.192. The largest absolute Gasteiger partial charge is 0.465 e. The van der Waals surface area contributed by atoms with E-state index >= 15 is 0 Å². The molecule has 1 aromatic carbocycles. The first kappa shape index (κ1) is 28.3. The number of hydrogen-bond acceptors (Lipinski definition) is 6. The molecule has 1 aromatic rings. The molecule has 3 N–H and O–H groups in total. The van der Waals surface area contributed by atoms with Gasteiger partial charge in [0.05, 0.1) is 11.0 Å². The summed E-state index contributed by atoms with van der Waals surface area (Å²) in [7, 11) is 0. The van der Waals surface area contributed by atoms with Crippen molar-refractivity contribution in [1.82, 2.24) is 14.7 Å². The van der Waals surface area contributed by atoms with Gasteiger partial charge < -0.3 is 14.7 Å². The van der Waals surface area contributed by atoms with Crippen LogP contribution < -0.4 is 5.48 Å². The summed E-state index contributed by atoms with van der Waals surface area (Å²) in [6, 6.07) is 5.53. The molecule has 0 atom stereocenters. The Bertz CT molecular complexity index is 924. The number of carboxylic acid groups (broad SMARTS) is 1. The number of carbonyl (C=O) groups is 2. The molecule has 0 unspecified atom stereocenters. The number of benzene rings is 1. The van der Waals surface area contributed by atoms with Crippen molar-refractivity contribution < 1.29 is 37.8 Å². The maximum absolute atomic E-state index is 13.3. The van der Waals surface area contributed by atoms with Crippen LogP contribution in [0.3, 0.4) is 0 Å². The monoisotopic (exact) mass is 531 g/mol. The van der Waals surface area contributed by atoms with E-state index in [1.54, 1.807) is 17.6 Å². The molecule has 3 heterocycles. The standard InChI is InChI=1S/C20H24F3N3O4S.C4H8O/c21-20(22,23)16-4-2-1-3-15(16)14-5-9-26(10-6-14)31-13-19(17(27)24-30)7-11-25(12-8-19)18(28)29;1-2-4-5-3-1/h1-5,30H,6-13H2,(H,24,27)(H,28,29);1-4H2. The minimum Gasteiger partial charge on any atom is -0.465 e. The number of hydrogen-bond donors (Lipinski definition) is 3. The molecule has 0 aliphatic carbocycles. The Balaban J connectivity index is 0.000000642. The highest BCUT2D eigenvalue weighted by Gasteiger charge is 2.43. The van der Waals surface area contributed by atoms with Gasteiger partial charge in [-0.1, -0.05) is 36.2 Å². The Kier molecular flexibility index (Phi) is 10.1. The van der Waals surface area contributed by atoms with E-state index in [0.717, 1.165) is 19.3 Å². The van der Waals surface area contributed by atoms with Crippen molar-refractivity contribution in [2.24, 2.45) is 5.41 Å². The van der Waals surface area contributed by atoms with E-state index in [4.69, 9.17) is 15.1 Å². The van der Waals surface area contributed by atoms with Crippen LogP contribution in [0.1, 0.15) is 43.2 Å². The molecule has 3 aliphatic rings. The number of rotatable bonds is 5. The molecule has 0 bridgehead atoms. The third-order valence-corrected chi connectivity index (χ3v) is 8.05. The average molecular weight is 532 g/mol. The average Bonchev–Trinajstić information content (AvgIpc) is 3.47. The lowest BCUT2D eigenvalue weighted by Gasteiger charge is -2.40. The molecule has 2 amide bonds. The molecule has 2 saturated heterocycles. The molecule has 12 heteroatoms. The number of piperidine rings is 1. The summed E-state index contributed by atoms with van der Waals surface area (Å²) in [5, 5.41) is 18.3. The van der Waals surface area contributed by atoms with E-state index in [9.17, 15) is 22.8 Å². The highest BCUT2D eigenvalue weighted by molar-refractivity contribution is 7.97. The zero-order valence-corrected chi connectivity index (χ0v) is 20.7. The van der Waals surface area contributed by atoms with Gasteiger partial charge in [0.1, 0.15) is 0 Å². The number of nitrogens with one attached hydrogen (secondary N) is 1. The molecular formula is C24H32F3N3O5S. The Morgan fingerprint density at radius 2 is 1.78 bits per heavy atom. The van der Waals surface area contributed by atoms with Crippen LogP contribution in [-0.2, 0) is 15.7 Å². The van der Waals surface area contributed by atoms with E-state index < -0.39 is 29.2 Å². The number of nitrogens with zero attached hydrogens (tertiary/aromatic N) is 2. The van der Waals surface area contributed by atoms with Crippen molar-refractivity contribution in [3.05, 3.63) is 41.5 Å². The molecule has 200 valence electrons. The molecule has 0 spiro atoms. The zero-order chi connectivity index (χ0) is 26.2. The normalized spacial score (nSPS) is 20.2. The lowest BCUT2D eigenvalue weighted by molar-refractivity contribution is -0.141. The van der Waals surface area contributed by atoms with Crippen LogP contribution >= 0.6 is 11.9 Å². The number of likely N-dealkylation sites (tertiary alicyclic amines) is 1. The van der Waals surface area contributed by atoms with Gasteiger partial charge in [-0.25, -0.2) is 14.6 Å². The molecule has 8 nitrogen and oxygen atoms in total. The SMILES string of the molecule is C1CCOC1.O=C(O)N1CCC(CSN2CC=C(c3ccccc3C(F)(F)F)CC2)(C(=O)NO)CC1. The van der Waals surface area contributed by atoms with Gasteiger partial charge in [0, 0.05) is 45.1 Å². The lowest BCUT2D eigenvalue weighted by Crippen LogP contribution is -2.51. The van der Waals surface area contributed by atoms with Gasteiger partial charge in [0.15, 0.2) is 0 Å². The van der Waals surface area contributed by atoms with Crippen LogP contribution in [0.2, 0.25) is 0 Å². The predicted octanol–water partition coefficient (Wildman–Crippen LogP) is 4.51. The Morgan fingerprint density at radius 3 is 2.28 bits per heavy atom. The number of hydroxylamine groups is 1. The topological polar surface area (TPSA) is 102 Å². The van der Waals surface area contributed by atoms with Crippen molar-refractivity contribution in [1.29, 1.82) is 0 Å². The van der Waals surface area contributed by atoms with Crippen LogP contribution in [0.4, 0.5) is 18.0 Å². The fourth-order valence-electron chi connectivity index (χ4n) is 4.43. The van der Waals surface area contributed by atoms with Crippen molar-refractivity contribution in [2.75, 3.05) is 45.1 Å². The molecule has 0 radical (unpaired) electrons. The van der Waals surface area contributed by atoms with E-state index in [0.29, 0.717) is 30.8 Å². The smallest absolute Gasteiger partial charge is 0.416 e. The Hall–Kier alpha value is -2.28. The molecule has 0 saturated carbocycles. The van der Waals surface area contributed by atoms with E-state index in [1.807, 2.05) is 4.31 Å². The molecule has 0 aromatic heterocycles. The van der Waals surface area contributed by atoms with Crippen molar-refractivity contribution in [3.63, 3.8) is 0 Å². The summed E-state index contributed by atoms with van der Waals surface area (Å²) in [4.78, 5) is 24.7. The first-order chi connectivity index (χ1) is 17.2. The molecular weight excluding hydrogens is 499 g/mol. The third-order valence-electron chi connectivity index (χ3n) is 6.68. The molecule has 36 heavy (non-hydrogen) atoms. The number of amides is 2. The summed E-state index contributed by atoms with van der Waals surface area (Å²) in [6.07, 6.45) is -0.130. The number of alkyl halides is 3. The highest BCUT2D eigenvalue weighted by atomic mass is 32.2. The van der Waals surface area contributed by atoms with E-state index in [1.165, 1.54) is 41.8 Å². The van der Waals surface area contributed by atoms with Gasteiger partial charge in [0.25, 0.3) is 5.91 Å². The Labute approximate surface area is 212 Å². The number of ether oxygens (including phenoxy) is 1. The summed E-state index contributed by atoms with van der Waals surface area (Å²) in [6.45, 7) is 3.33. The minimum atomic E-state index is -4.42. The van der Waals surface area contributed by atoms with Crippen LogP contribution in [-0.4, -0.2) is 76.7 Å². The number of halogens is 3. The quantitative estimate of drug-likeness (QED) is 0.292. The summed E-state index contributed by atoms with van der Waals surface area (Å²) in [5.41, 5.74) is 0.982. The van der Waals surface area contributed by atoms with Gasteiger partial charge >= 0.3 is 12.3 Å². The lowest BCUT2D eigenvalue weighted by atomic mass is 9.79. The molecule has 3 aliphatic heterocycles. The molecule has 4 rings (SSSR count). The van der Waals surface area contributed by atoms with Gasteiger partial charge in [-0.2, -0.15) is 13.2 Å². The maximum Gasteiger partial charge on any atom is 0.416 e. The van der Waals surface area contributed by atoms with Crippen molar-refractivity contribution in [2.45, 2.75) is 38.3 Å². The second kappa shape index (κ2) is 12.8. The van der Waals surface area contributed by atoms with Crippen LogP contribution in [0, 0.1) is 5.41 Å². The summed E-state index contributed by atoms with van der Waals surface area (Å²) < 4.78 is 46.8. The van der Waals surface area contributed by atoms with Gasteiger partial charge in [-0.05, 0) is 49.3 Å². The van der Waals surface area contributed by atoms with E-state index in [2.05, 4.69) is 0 Å². The fourth-order valence-corrected chi connectivity index (χ4v) is 5.68. The first-order valence-corrected chi connectivity index (χ1v) is 12.8. The van der Waals surface area contributed by atoms with Crippen LogP contribution in [0.5, 0.6) is 0 Å². The predicted molar refractivity (Wildman–Crippen MR) is 129 cm³/mol. The second-order valence-corrected chi connectivity index (χ2v) is 10.1. The zero-order valence-electron chi connectivity index (χ0n) is 19.9. The summed E-state index contributed by atoms with van der Waals surface area (Å²) >= 11 is 1.39. The van der Waals surface area contributed by atoms with Crippen molar-refractivity contribution in [3.8, 4) is 0 Å². The highest BCUT2D eigenvalue weighted by Crippen LogP contribution is 2.39. The van der Waals surface area contributed by atoms with Gasteiger partial charge in [-0.15, -0.1) is 0 Å². The summed E-state index contributed by atoms with van der Waals surface area (Å²) in [5.74, 6) is -0.202. The fraction of sp³-hybridized carbons (Fsp3) is 0.583. The number of carbonyl (C=O) groups excluding carboxylic acids is 1. The second-order valence-electron chi connectivity index (χ2n) is 8.99. The maximum atomic E-state index is 13.3. The molecule has 2 fully saturated rings.